The summed E-state index contributed by atoms with van der Waals surface area (Å²) in [6, 6.07) is 0. The molecule has 106 valence electrons. The number of amides is 1. The molecule has 4 nitrogen and oxygen atoms in total. The highest BCUT2D eigenvalue weighted by molar-refractivity contribution is 5.80. The molecule has 1 heterocycles. The monoisotopic (exact) mass is 257 g/mol. The molecule has 18 heavy (non-hydrogen) atoms. The summed E-state index contributed by atoms with van der Waals surface area (Å²) in [6.45, 7) is 13.0. The van der Waals surface area contributed by atoms with Crippen LogP contribution >= 0.6 is 0 Å². The molecule has 0 bridgehead atoms. The van der Waals surface area contributed by atoms with E-state index in [0.717, 1.165) is 0 Å². The van der Waals surface area contributed by atoms with Crippen LogP contribution in [-0.4, -0.2) is 34.4 Å². The van der Waals surface area contributed by atoms with Gasteiger partial charge < -0.3 is 15.2 Å². The molecule has 1 aliphatic rings. The number of hydrogen-bond acceptors (Lipinski definition) is 3. The average Bonchev–Trinajstić information content (AvgIpc) is 2.38. The molecule has 2 N–H and O–H groups in total. The van der Waals surface area contributed by atoms with E-state index in [4.69, 9.17) is 4.74 Å². The van der Waals surface area contributed by atoms with Gasteiger partial charge in [0.15, 0.2) is 0 Å². The van der Waals surface area contributed by atoms with Crippen LogP contribution in [0.3, 0.4) is 0 Å². The number of nitrogens with one attached hydrogen (secondary N) is 1. The van der Waals surface area contributed by atoms with Gasteiger partial charge in [-0.2, -0.15) is 0 Å². The summed E-state index contributed by atoms with van der Waals surface area (Å²) in [5, 5.41) is 13.0. The van der Waals surface area contributed by atoms with Gasteiger partial charge in [-0.15, -0.1) is 0 Å². The molecule has 0 aromatic heterocycles. The van der Waals surface area contributed by atoms with Crippen molar-refractivity contribution in [3.8, 4) is 0 Å². The molecule has 1 amide bonds. The second kappa shape index (κ2) is 4.82. The maximum absolute atomic E-state index is 12.4. The number of rotatable bonds is 3. The van der Waals surface area contributed by atoms with Gasteiger partial charge in [-0.1, -0.05) is 6.92 Å². The molecule has 0 radical (unpaired) electrons. The lowest BCUT2D eigenvalue weighted by Crippen LogP contribution is -2.59. The van der Waals surface area contributed by atoms with Crippen molar-refractivity contribution in [2.75, 3.05) is 0 Å². The quantitative estimate of drug-likeness (QED) is 0.809. The molecule has 0 spiro atoms. The summed E-state index contributed by atoms with van der Waals surface area (Å²) in [6.07, 6.45) is 0.0219. The molecular weight excluding hydrogens is 230 g/mol. The first-order valence-corrected chi connectivity index (χ1v) is 6.67. The predicted molar refractivity (Wildman–Crippen MR) is 71.2 cm³/mol. The molecule has 4 atom stereocenters. The maximum Gasteiger partial charge on any atom is 0.226 e. The topological polar surface area (TPSA) is 58.6 Å². The molecule has 1 fully saturated rings. The van der Waals surface area contributed by atoms with Crippen molar-refractivity contribution in [3.63, 3.8) is 0 Å². The van der Waals surface area contributed by atoms with Gasteiger partial charge in [0, 0.05) is 0 Å². The van der Waals surface area contributed by atoms with E-state index >= 15 is 0 Å². The number of hydrogen-bond donors (Lipinski definition) is 2. The Morgan fingerprint density at radius 1 is 1.11 bits per heavy atom. The first-order valence-electron chi connectivity index (χ1n) is 6.67. The SMILES string of the molecule is CC1OC(C)C(C(=O)NC(C)(C)C(C)(C)O)C1C. The lowest BCUT2D eigenvalue weighted by Gasteiger charge is -2.39. The van der Waals surface area contributed by atoms with E-state index in [2.05, 4.69) is 5.32 Å². The summed E-state index contributed by atoms with van der Waals surface area (Å²) >= 11 is 0. The van der Waals surface area contributed by atoms with Gasteiger partial charge in [0.25, 0.3) is 0 Å². The fourth-order valence-corrected chi connectivity index (χ4v) is 2.26. The van der Waals surface area contributed by atoms with Gasteiger partial charge >= 0.3 is 0 Å². The summed E-state index contributed by atoms with van der Waals surface area (Å²) in [7, 11) is 0. The molecule has 4 heteroatoms. The standard InChI is InChI=1S/C14H27NO3/c1-8-9(2)18-10(3)11(8)12(16)15-13(4,5)14(6,7)17/h8-11,17H,1-7H3,(H,15,16). The number of carbonyl (C=O) groups excluding carboxylic acids is 1. The Labute approximate surface area is 110 Å². The van der Waals surface area contributed by atoms with E-state index in [1.807, 2.05) is 34.6 Å². The van der Waals surface area contributed by atoms with E-state index in [1.54, 1.807) is 13.8 Å². The first-order chi connectivity index (χ1) is 7.97. The Kier molecular flexibility index (Phi) is 4.13. The maximum atomic E-state index is 12.4. The molecule has 0 aromatic rings. The molecular formula is C14H27NO3. The van der Waals surface area contributed by atoms with Crippen molar-refractivity contribution in [1.29, 1.82) is 0 Å². The van der Waals surface area contributed by atoms with Crippen LogP contribution < -0.4 is 5.32 Å². The second-order valence-electron chi connectivity index (χ2n) is 6.60. The number of ether oxygens (including phenoxy) is 1. The zero-order valence-electron chi connectivity index (χ0n) is 12.6. The Morgan fingerprint density at radius 2 is 1.61 bits per heavy atom. The van der Waals surface area contributed by atoms with Crippen molar-refractivity contribution < 1.29 is 14.6 Å². The minimum atomic E-state index is -0.972. The largest absolute Gasteiger partial charge is 0.388 e. The van der Waals surface area contributed by atoms with Gasteiger partial charge in [-0.05, 0) is 47.5 Å². The zero-order chi connectivity index (χ0) is 14.3. The Morgan fingerprint density at radius 3 is 1.94 bits per heavy atom. The normalized spacial score (nSPS) is 33.6. The summed E-state index contributed by atoms with van der Waals surface area (Å²) in [4.78, 5) is 12.4. The third kappa shape index (κ3) is 2.86. The predicted octanol–water partition coefficient (Wildman–Crippen LogP) is 1.71. The van der Waals surface area contributed by atoms with Gasteiger partial charge in [0.1, 0.15) is 0 Å². The molecule has 1 aliphatic heterocycles. The minimum Gasteiger partial charge on any atom is -0.388 e. The van der Waals surface area contributed by atoms with E-state index < -0.39 is 11.1 Å². The molecule has 0 aromatic carbocycles. The van der Waals surface area contributed by atoms with E-state index in [9.17, 15) is 9.90 Å². The Hall–Kier alpha value is -0.610. The van der Waals surface area contributed by atoms with Gasteiger partial charge in [0.05, 0.1) is 29.3 Å². The van der Waals surface area contributed by atoms with Crippen molar-refractivity contribution in [3.05, 3.63) is 0 Å². The first kappa shape index (κ1) is 15.4. The molecule has 4 unspecified atom stereocenters. The smallest absolute Gasteiger partial charge is 0.226 e. The third-order valence-corrected chi connectivity index (χ3v) is 4.51. The van der Waals surface area contributed by atoms with Crippen LogP contribution in [0, 0.1) is 11.8 Å². The minimum absolute atomic E-state index is 0.0357. The summed E-state index contributed by atoms with van der Waals surface area (Å²) in [5.41, 5.74) is -1.64. The second-order valence-corrected chi connectivity index (χ2v) is 6.60. The molecule has 1 saturated heterocycles. The van der Waals surface area contributed by atoms with Crippen LogP contribution in [0.4, 0.5) is 0 Å². The highest BCUT2D eigenvalue weighted by atomic mass is 16.5. The third-order valence-electron chi connectivity index (χ3n) is 4.51. The van der Waals surface area contributed by atoms with E-state index in [-0.39, 0.29) is 30.0 Å². The fraction of sp³-hybridized carbons (Fsp3) is 0.929. The average molecular weight is 257 g/mol. The van der Waals surface area contributed by atoms with Crippen LogP contribution in [0.2, 0.25) is 0 Å². The highest BCUT2D eigenvalue weighted by Crippen LogP contribution is 2.33. The van der Waals surface area contributed by atoms with Gasteiger partial charge in [0.2, 0.25) is 5.91 Å². The lowest BCUT2D eigenvalue weighted by atomic mass is 9.83. The molecule has 0 saturated carbocycles. The van der Waals surface area contributed by atoms with Crippen molar-refractivity contribution in [1.82, 2.24) is 5.32 Å². The lowest BCUT2D eigenvalue weighted by molar-refractivity contribution is -0.132. The molecule has 0 aliphatic carbocycles. The van der Waals surface area contributed by atoms with Crippen molar-refractivity contribution in [2.24, 2.45) is 11.8 Å². The zero-order valence-corrected chi connectivity index (χ0v) is 12.6. The number of carbonyl (C=O) groups is 1. The van der Waals surface area contributed by atoms with Crippen molar-refractivity contribution >= 4 is 5.91 Å². The highest BCUT2D eigenvalue weighted by Gasteiger charge is 2.45. The van der Waals surface area contributed by atoms with Crippen LogP contribution in [-0.2, 0) is 9.53 Å². The van der Waals surface area contributed by atoms with Crippen molar-refractivity contribution in [2.45, 2.75) is 71.8 Å². The van der Waals surface area contributed by atoms with Gasteiger partial charge in [-0.3, -0.25) is 4.79 Å². The van der Waals surface area contributed by atoms with Crippen LogP contribution in [0.25, 0.3) is 0 Å². The van der Waals surface area contributed by atoms with Gasteiger partial charge in [-0.25, -0.2) is 0 Å². The Balaban J connectivity index is 2.78. The molecule has 1 rings (SSSR count). The van der Waals surface area contributed by atoms with E-state index in [0.29, 0.717) is 0 Å². The Bertz CT molecular complexity index is 319. The fourth-order valence-electron chi connectivity index (χ4n) is 2.26. The van der Waals surface area contributed by atoms with Crippen LogP contribution in [0.5, 0.6) is 0 Å². The number of aliphatic hydroxyl groups is 1. The van der Waals surface area contributed by atoms with Crippen LogP contribution in [0.1, 0.15) is 48.5 Å². The van der Waals surface area contributed by atoms with E-state index in [1.165, 1.54) is 0 Å². The van der Waals surface area contributed by atoms with Crippen LogP contribution in [0.15, 0.2) is 0 Å². The summed E-state index contributed by atoms with van der Waals surface area (Å²) < 4.78 is 5.68. The summed E-state index contributed by atoms with van der Waals surface area (Å²) in [5.74, 6) is 0.00528.